The molecule has 1 aromatic heterocycles. The van der Waals surface area contributed by atoms with Crippen molar-refractivity contribution in [3.63, 3.8) is 0 Å². The molecule has 0 bridgehead atoms. The first-order valence-corrected chi connectivity index (χ1v) is 6.36. The number of carbonyl (C=O) groups is 3. The van der Waals surface area contributed by atoms with Crippen molar-refractivity contribution in [1.29, 1.82) is 0 Å². The van der Waals surface area contributed by atoms with E-state index in [1.54, 1.807) is 6.92 Å². The molecular weight excluding hydrogens is 272 g/mol. The first kappa shape index (κ1) is 14.9. The van der Waals surface area contributed by atoms with Gasteiger partial charge in [-0.3, -0.25) is 4.79 Å². The maximum atomic E-state index is 11.6. The van der Waals surface area contributed by atoms with Crippen LogP contribution in [-0.4, -0.2) is 42.6 Å². The Morgan fingerprint density at radius 2 is 2.05 bits per heavy atom. The van der Waals surface area contributed by atoms with Crippen molar-refractivity contribution in [3.8, 4) is 0 Å². The van der Waals surface area contributed by atoms with Crippen LogP contribution in [0.25, 0.3) is 0 Å². The van der Waals surface area contributed by atoms with Crippen LogP contribution in [0, 0.1) is 0 Å². The van der Waals surface area contributed by atoms with Crippen LogP contribution in [0.5, 0.6) is 0 Å². The zero-order valence-corrected chi connectivity index (χ0v) is 11.1. The molecule has 0 aromatic carbocycles. The molecule has 0 saturated carbocycles. The Morgan fingerprint density at radius 3 is 2.68 bits per heavy atom. The highest BCUT2D eigenvalue weighted by Gasteiger charge is 2.15. The summed E-state index contributed by atoms with van der Waals surface area (Å²) in [6, 6.07) is -0.660. The van der Waals surface area contributed by atoms with Crippen LogP contribution >= 0.6 is 11.3 Å². The van der Waals surface area contributed by atoms with E-state index in [2.05, 4.69) is 15.6 Å². The Bertz CT molecular complexity index is 474. The standard InChI is InChI=1S/C10H14N4O4S/c1-2-18-9(16)8-14-6(5-19-8)7(15)12-3-4-13-10(11)17/h5H,2-4H2,1H3,(H,12,15)(H3,11,13,17). The SMILES string of the molecule is CCOC(=O)c1nc(C(=O)NCCNC(N)=O)cs1. The molecule has 1 aromatic rings. The number of rotatable bonds is 6. The van der Waals surface area contributed by atoms with Crippen molar-refractivity contribution in [2.45, 2.75) is 6.92 Å². The third-order valence-corrected chi connectivity index (χ3v) is 2.72. The zero-order chi connectivity index (χ0) is 14.3. The maximum Gasteiger partial charge on any atom is 0.367 e. The quantitative estimate of drug-likeness (QED) is 0.490. The van der Waals surface area contributed by atoms with Crippen molar-refractivity contribution in [2.75, 3.05) is 19.7 Å². The number of nitrogens with two attached hydrogens (primary N) is 1. The normalized spacial score (nSPS) is 9.74. The van der Waals surface area contributed by atoms with Gasteiger partial charge in [0, 0.05) is 18.5 Å². The summed E-state index contributed by atoms with van der Waals surface area (Å²) in [6.07, 6.45) is 0. The maximum absolute atomic E-state index is 11.6. The number of thiazole rings is 1. The third kappa shape index (κ3) is 4.92. The van der Waals surface area contributed by atoms with Crippen molar-refractivity contribution < 1.29 is 19.1 Å². The smallest absolute Gasteiger partial charge is 0.367 e. The first-order valence-electron chi connectivity index (χ1n) is 5.48. The summed E-state index contributed by atoms with van der Waals surface area (Å²) in [4.78, 5) is 37.2. The van der Waals surface area contributed by atoms with Gasteiger partial charge in [-0.25, -0.2) is 14.6 Å². The largest absolute Gasteiger partial charge is 0.461 e. The van der Waals surface area contributed by atoms with Gasteiger partial charge in [-0.15, -0.1) is 11.3 Å². The molecule has 0 aliphatic rings. The summed E-state index contributed by atoms with van der Waals surface area (Å²) in [7, 11) is 0. The Morgan fingerprint density at radius 1 is 1.37 bits per heavy atom. The molecule has 0 radical (unpaired) electrons. The van der Waals surface area contributed by atoms with E-state index >= 15 is 0 Å². The number of primary amides is 1. The highest BCUT2D eigenvalue weighted by atomic mass is 32.1. The topological polar surface area (TPSA) is 123 Å². The number of nitrogens with one attached hydrogen (secondary N) is 2. The molecule has 0 aliphatic carbocycles. The number of hydrogen-bond donors (Lipinski definition) is 3. The Labute approximate surface area is 113 Å². The fourth-order valence-corrected chi connectivity index (χ4v) is 1.81. The van der Waals surface area contributed by atoms with Gasteiger partial charge in [-0.05, 0) is 6.92 Å². The average molecular weight is 286 g/mol. The summed E-state index contributed by atoms with van der Waals surface area (Å²) in [5.41, 5.74) is 4.99. The lowest BCUT2D eigenvalue weighted by molar-refractivity contribution is 0.0526. The minimum atomic E-state index is -0.660. The Hall–Kier alpha value is -2.16. The molecule has 1 heterocycles. The van der Waals surface area contributed by atoms with Gasteiger partial charge in [0.05, 0.1) is 6.61 Å². The van der Waals surface area contributed by atoms with Gasteiger partial charge >= 0.3 is 12.0 Å². The van der Waals surface area contributed by atoms with Gasteiger partial charge in [-0.1, -0.05) is 0 Å². The van der Waals surface area contributed by atoms with E-state index in [1.807, 2.05) is 0 Å². The molecule has 0 atom stereocenters. The van der Waals surface area contributed by atoms with Crippen LogP contribution in [0.3, 0.4) is 0 Å². The second-order valence-electron chi connectivity index (χ2n) is 3.31. The highest BCUT2D eigenvalue weighted by molar-refractivity contribution is 7.11. The Balaban J connectivity index is 2.45. The van der Waals surface area contributed by atoms with E-state index < -0.39 is 17.9 Å². The second-order valence-corrected chi connectivity index (χ2v) is 4.16. The zero-order valence-electron chi connectivity index (χ0n) is 10.3. The van der Waals surface area contributed by atoms with Gasteiger partial charge in [0.15, 0.2) is 0 Å². The van der Waals surface area contributed by atoms with Crippen molar-refractivity contribution >= 4 is 29.2 Å². The van der Waals surface area contributed by atoms with Gasteiger partial charge < -0.3 is 21.1 Å². The first-order chi connectivity index (χ1) is 9.04. The number of esters is 1. The molecule has 0 fully saturated rings. The summed E-state index contributed by atoms with van der Waals surface area (Å²) in [5, 5.41) is 6.43. The Kier molecular flexibility index (Phi) is 5.73. The van der Waals surface area contributed by atoms with Gasteiger partial charge in [0.1, 0.15) is 5.69 Å². The molecule has 0 aliphatic heterocycles. The van der Waals surface area contributed by atoms with Crippen LogP contribution in [0.1, 0.15) is 27.2 Å². The van der Waals surface area contributed by atoms with Crippen LogP contribution < -0.4 is 16.4 Å². The van der Waals surface area contributed by atoms with Crippen molar-refractivity contribution in [2.24, 2.45) is 5.73 Å². The number of urea groups is 1. The van der Waals surface area contributed by atoms with Crippen LogP contribution in [0.15, 0.2) is 5.38 Å². The molecule has 0 spiro atoms. The lowest BCUT2D eigenvalue weighted by Crippen LogP contribution is -2.37. The molecule has 4 N–H and O–H groups in total. The van der Waals surface area contributed by atoms with E-state index in [0.717, 1.165) is 11.3 Å². The number of aromatic nitrogens is 1. The second kappa shape index (κ2) is 7.31. The van der Waals surface area contributed by atoms with E-state index in [9.17, 15) is 14.4 Å². The van der Waals surface area contributed by atoms with E-state index in [-0.39, 0.29) is 30.4 Å². The molecule has 3 amide bonds. The van der Waals surface area contributed by atoms with E-state index in [4.69, 9.17) is 10.5 Å². The summed E-state index contributed by atoms with van der Waals surface area (Å²) < 4.78 is 4.76. The molecule has 0 saturated heterocycles. The molecular formula is C10H14N4O4S. The van der Waals surface area contributed by atoms with Crippen LogP contribution in [0.4, 0.5) is 4.79 Å². The molecule has 1 rings (SSSR count). The van der Waals surface area contributed by atoms with E-state index in [1.165, 1.54) is 5.38 Å². The molecule has 104 valence electrons. The van der Waals surface area contributed by atoms with Crippen LogP contribution in [-0.2, 0) is 4.74 Å². The molecule has 19 heavy (non-hydrogen) atoms. The highest BCUT2D eigenvalue weighted by Crippen LogP contribution is 2.10. The fourth-order valence-electron chi connectivity index (χ4n) is 1.12. The molecule has 9 heteroatoms. The minimum absolute atomic E-state index is 0.127. The minimum Gasteiger partial charge on any atom is -0.461 e. The van der Waals surface area contributed by atoms with Crippen molar-refractivity contribution in [1.82, 2.24) is 15.6 Å². The lowest BCUT2D eigenvalue weighted by atomic mass is 10.4. The van der Waals surface area contributed by atoms with Gasteiger partial charge in [-0.2, -0.15) is 0 Å². The summed E-state index contributed by atoms with van der Waals surface area (Å²) in [6.45, 7) is 2.37. The molecule has 0 unspecified atom stereocenters. The predicted molar refractivity (Wildman–Crippen MR) is 68.0 cm³/mol. The summed E-state index contributed by atoms with van der Waals surface area (Å²) >= 11 is 1.03. The molecule has 8 nitrogen and oxygen atoms in total. The summed E-state index contributed by atoms with van der Waals surface area (Å²) in [5.74, 6) is -0.986. The lowest BCUT2D eigenvalue weighted by Gasteiger charge is -2.03. The van der Waals surface area contributed by atoms with Crippen molar-refractivity contribution in [3.05, 3.63) is 16.1 Å². The van der Waals surface area contributed by atoms with Gasteiger partial charge in [0.2, 0.25) is 5.01 Å². The number of amides is 3. The number of nitrogens with zero attached hydrogens (tertiary/aromatic N) is 1. The predicted octanol–water partition coefficient (Wildman–Crippen LogP) is -0.282. The number of carbonyl (C=O) groups excluding carboxylic acids is 3. The fraction of sp³-hybridized carbons (Fsp3) is 0.400. The number of hydrogen-bond acceptors (Lipinski definition) is 6. The number of ether oxygens (including phenoxy) is 1. The van der Waals surface area contributed by atoms with Gasteiger partial charge in [0.25, 0.3) is 5.91 Å². The average Bonchev–Trinajstić information content (AvgIpc) is 2.84. The monoisotopic (exact) mass is 286 g/mol. The third-order valence-electron chi connectivity index (χ3n) is 1.90. The van der Waals surface area contributed by atoms with Crippen LogP contribution in [0.2, 0.25) is 0 Å². The van der Waals surface area contributed by atoms with E-state index in [0.29, 0.717) is 0 Å².